The second kappa shape index (κ2) is 8.71. The van der Waals surface area contributed by atoms with E-state index in [0.29, 0.717) is 5.92 Å². The zero-order chi connectivity index (χ0) is 23.9. The van der Waals surface area contributed by atoms with Gasteiger partial charge in [0, 0.05) is 28.5 Å². The molecule has 0 N–H and O–H groups in total. The van der Waals surface area contributed by atoms with Crippen LogP contribution in [0.5, 0.6) is 0 Å². The minimum Gasteiger partial charge on any atom is -0.454 e. The quantitative estimate of drug-likeness (QED) is 0.258. The van der Waals surface area contributed by atoms with Crippen LogP contribution in [-0.4, -0.2) is 0 Å². The van der Waals surface area contributed by atoms with Crippen molar-refractivity contribution in [2.24, 2.45) is 7.05 Å². The van der Waals surface area contributed by atoms with E-state index in [1.54, 1.807) is 0 Å². The first kappa shape index (κ1) is 21.6. The van der Waals surface area contributed by atoms with Gasteiger partial charge >= 0.3 is 0 Å². The van der Waals surface area contributed by atoms with Gasteiger partial charge in [-0.15, -0.1) is 0 Å². The molecular formula is C32H29N2O+. The Morgan fingerprint density at radius 3 is 2.51 bits per heavy atom. The number of benzene rings is 3. The van der Waals surface area contributed by atoms with Crippen LogP contribution in [-0.2, 0) is 7.05 Å². The molecule has 0 amide bonds. The van der Waals surface area contributed by atoms with Crippen molar-refractivity contribution in [2.45, 2.75) is 44.9 Å². The number of hydrogen-bond acceptors (Lipinski definition) is 2. The highest BCUT2D eigenvalue weighted by atomic mass is 16.3. The van der Waals surface area contributed by atoms with Crippen molar-refractivity contribution in [3.05, 3.63) is 89.6 Å². The third-order valence-corrected chi connectivity index (χ3v) is 7.71. The molecule has 0 bridgehead atoms. The summed E-state index contributed by atoms with van der Waals surface area (Å²) in [5, 5.41) is 12.1. The summed E-state index contributed by atoms with van der Waals surface area (Å²) in [4.78, 5) is 0. The van der Waals surface area contributed by atoms with Crippen LogP contribution in [0.3, 0.4) is 0 Å². The summed E-state index contributed by atoms with van der Waals surface area (Å²) >= 11 is 0. The molecule has 6 rings (SSSR count). The molecule has 3 heteroatoms. The van der Waals surface area contributed by atoms with E-state index in [-0.39, 0.29) is 0 Å². The highest BCUT2D eigenvalue weighted by Crippen LogP contribution is 2.42. The maximum absolute atomic E-state index is 9.79. The van der Waals surface area contributed by atoms with Gasteiger partial charge in [-0.3, -0.25) is 0 Å². The predicted octanol–water partition coefficient (Wildman–Crippen LogP) is 7.97. The van der Waals surface area contributed by atoms with Gasteiger partial charge in [0.15, 0.2) is 6.20 Å². The topological polar surface area (TPSA) is 40.8 Å². The molecule has 172 valence electrons. The summed E-state index contributed by atoms with van der Waals surface area (Å²) in [5.74, 6) is 0.473. The van der Waals surface area contributed by atoms with Gasteiger partial charge in [-0.1, -0.05) is 55.7 Å². The van der Waals surface area contributed by atoms with Crippen molar-refractivity contribution in [3.8, 4) is 28.5 Å². The molecule has 1 aliphatic rings. The number of pyridine rings is 1. The summed E-state index contributed by atoms with van der Waals surface area (Å²) in [6, 6.07) is 25.8. The van der Waals surface area contributed by atoms with E-state index in [2.05, 4.69) is 85.4 Å². The van der Waals surface area contributed by atoms with Crippen molar-refractivity contribution in [1.29, 1.82) is 5.26 Å². The van der Waals surface area contributed by atoms with Crippen LogP contribution < -0.4 is 4.57 Å². The second-order valence-corrected chi connectivity index (χ2v) is 9.86. The minimum absolute atomic E-state index is 0.473. The average Bonchev–Trinajstić information content (AvgIpc) is 3.28. The standard InChI is InChI=1S/C32H29N2O/c1-21-14-17-27-26-12-8-11-25(31(26)35-32(27)30(21)29-13-6-7-18-34(29)2)23-15-16-24(20-33)28(19-23)22-9-4-3-5-10-22/h6-8,11-19,22H,3-5,9-10H2,1-2H3/q+1. The normalized spacial score (nSPS) is 14.4. The maximum Gasteiger partial charge on any atom is 0.216 e. The highest BCUT2D eigenvalue weighted by molar-refractivity contribution is 6.13. The number of aryl methyl sites for hydroxylation is 2. The fourth-order valence-electron chi connectivity index (χ4n) is 5.87. The molecule has 2 heterocycles. The Bertz CT molecular complexity index is 1610. The van der Waals surface area contributed by atoms with Crippen LogP contribution >= 0.6 is 0 Å². The largest absolute Gasteiger partial charge is 0.454 e. The first-order valence-corrected chi connectivity index (χ1v) is 12.6. The van der Waals surface area contributed by atoms with Crippen LogP contribution in [0.1, 0.15) is 54.7 Å². The van der Waals surface area contributed by atoms with Gasteiger partial charge in [0.1, 0.15) is 18.2 Å². The first-order chi connectivity index (χ1) is 17.2. The Hall–Kier alpha value is -3.90. The molecule has 35 heavy (non-hydrogen) atoms. The van der Waals surface area contributed by atoms with Gasteiger partial charge < -0.3 is 4.42 Å². The van der Waals surface area contributed by atoms with Crippen LogP contribution in [0.25, 0.3) is 44.3 Å². The first-order valence-electron chi connectivity index (χ1n) is 12.6. The number of hydrogen-bond donors (Lipinski definition) is 0. The average molecular weight is 458 g/mol. The highest BCUT2D eigenvalue weighted by Gasteiger charge is 2.23. The third kappa shape index (κ3) is 3.61. The number of aromatic nitrogens is 1. The molecule has 1 aliphatic carbocycles. The van der Waals surface area contributed by atoms with Crippen molar-refractivity contribution < 1.29 is 8.98 Å². The summed E-state index contributed by atoms with van der Waals surface area (Å²) in [6.07, 6.45) is 8.21. The molecule has 0 unspecified atom stereocenters. The van der Waals surface area contributed by atoms with E-state index < -0.39 is 0 Å². The fraction of sp³-hybridized carbons (Fsp3) is 0.250. The van der Waals surface area contributed by atoms with Gasteiger partial charge in [0.25, 0.3) is 0 Å². The summed E-state index contributed by atoms with van der Waals surface area (Å²) in [6.45, 7) is 2.15. The lowest BCUT2D eigenvalue weighted by molar-refractivity contribution is -0.660. The van der Waals surface area contributed by atoms with E-state index in [0.717, 1.165) is 49.9 Å². The minimum atomic E-state index is 0.473. The molecule has 0 spiro atoms. The van der Waals surface area contributed by atoms with Crippen molar-refractivity contribution in [3.63, 3.8) is 0 Å². The van der Waals surface area contributed by atoms with E-state index in [4.69, 9.17) is 4.42 Å². The predicted molar refractivity (Wildman–Crippen MR) is 141 cm³/mol. The molecule has 5 aromatic rings. The monoisotopic (exact) mass is 457 g/mol. The van der Waals surface area contributed by atoms with E-state index in [1.165, 1.54) is 43.2 Å². The fourth-order valence-corrected chi connectivity index (χ4v) is 5.87. The van der Waals surface area contributed by atoms with Crippen LogP contribution in [0.4, 0.5) is 0 Å². The number of rotatable bonds is 3. The lowest BCUT2D eigenvalue weighted by atomic mass is 9.81. The summed E-state index contributed by atoms with van der Waals surface area (Å²) < 4.78 is 8.87. The number of nitrogens with zero attached hydrogens (tertiary/aromatic N) is 2. The lowest BCUT2D eigenvalue weighted by Crippen LogP contribution is -2.30. The Balaban J connectivity index is 1.58. The molecule has 3 aromatic carbocycles. The Labute approximate surface area is 206 Å². The van der Waals surface area contributed by atoms with Crippen LogP contribution in [0, 0.1) is 18.3 Å². The molecule has 1 saturated carbocycles. The molecule has 3 nitrogen and oxygen atoms in total. The molecular weight excluding hydrogens is 428 g/mol. The summed E-state index contributed by atoms with van der Waals surface area (Å²) in [7, 11) is 2.07. The Kier molecular flexibility index (Phi) is 5.38. The zero-order valence-corrected chi connectivity index (χ0v) is 20.3. The molecule has 1 fully saturated rings. The number of para-hydroxylation sites is 1. The second-order valence-electron chi connectivity index (χ2n) is 9.86. The zero-order valence-electron chi connectivity index (χ0n) is 20.3. The number of fused-ring (bicyclic) bond motifs is 3. The molecule has 2 aromatic heterocycles. The molecule has 0 atom stereocenters. The molecule has 0 aliphatic heterocycles. The third-order valence-electron chi connectivity index (χ3n) is 7.71. The van der Waals surface area contributed by atoms with E-state index in [9.17, 15) is 5.26 Å². The molecule has 0 radical (unpaired) electrons. The van der Waals surface area contributed by atoms with Gasteiger partial charge in [0.05, 0.1) is 17.2 Å². The van der Waals surface area contributed by atoms with Crippen molar-refractivity contribution >= 4 is 21.9 Å². The van der Waals surface area contributed by atoms with Crippen LogP contribution in [0.2, 0.25) is 0 Å². The van der Waals surface area contributed by atoms with Gasteiger partial charge in [-0.05, 0) is 60.6 Å². The van der Waals surface area contributed by atoms with Crippen molar-refractivity contribution in [1.82, 2.24) is 0 Å². The summed E-state index contributed by atoms with van der Waals surface area (Å²) in [5.41, 5.74) is 9.52. The number of nitriles is 1. The SMILES string of the molecule is Cc1ccc2c(oc3c(-c4ccc(C#N)c(C5CCCCC5)c4)cccc32)c1-c1cccc[n+]1C. The number of furan rings is 1. The lowest BCUT2D eigenvalue weighted by Gasteiger charge is -2.23. The van der Waals surface area contributed by atoms with Crippen LogP contribution in [0.15, 0.2) is 77.3 Å². The molecule has 0 saturated heterocycles. The van der Waals surface area contributed by atoms with Gasteiger partial charge in [-0.25, -0.2) is 4.57 Å². The smallest absolute Gasteiger partial charge is 0.216 e. The van der Waals surface area contributed by atoms with Crippen molar-refractivity contribution in [2.75, 3.05) is 0 Å². The maximum atomic E-state index is 9.79. The Morgan fingerprint density at radius 2 is 1.71 bits per heavy atom. The van der Waals surface area contributed by atoms with E-state index in [1.807, 2.05) is 12.1 Å². The van der Waals surface area contributed by atoms with Gasteiger partial charge in [-0.2, -0.15) is 5.26 Å². The van der Waals surface area contributed by atoms with Gasteiger partial charge in [0.2, 0.25) is 5.69 Å². The Morgan fingerprint density at radius 1 is 0.886 bits per heavy atom. The van der Waals surface area contributed by atoms with E-state index >= 15 is 0 Å².